The van der Waals surface area contributed by atoms with Crippen molar-refractivity contribution in [2.24, 2.45) is 0 Å². The summed E-state index contributed by atoms with van der Waals surface area (Å²) >= 11 is 0. The smallest absolute Gasteiger partial charge is 0.117 e. The van der Waals surface area contributed by atoms with Crippen molar-refractivity contribution < 1.29 is 5.11 Å². The second kappa shape index (κ2) is 9.39. The predicted molar refractivity (Wildman–Crippen MR) is 99.2 cm³/mol. The molecule has 1 heterocycles. The molecule has 126 valence electrons. The van der Waals surface area contributed by atoms with Gasteiger partial charge in [-0.1, -0.05) is 51.9 Å². The van der Waals surface area contributed by atoms with E-state index in [-0.39, 0.29) is 5.75 Å². The highest BCUT2D eigenvalue weighted by Crippen LogP contribution is 2.26. The largest absolute Gasteiger partial charge is 0.508 e. The topological polar surface area (TPSA) is 45.2 Å². The molecule has 2 aromatic rings. The number of nitrogens with zero attached hydrogens (tertiary/aromatic N) is 1. The van der Waals surface area contributed by atoms with Crippen LogP contribution in [0.1, 0.15) is 64.0 Å². The van der Waals surface area contributed by atoms with Gasteiger partial charge < -0.3 is 10.4 Å². The zero-order valence-electron chi connectivity index (χ0n) is 14.6. The molecule has 0 saturated heterocycles. The quantitative estimate of drug-likeness (QED) is 0.545. The van der Waals surface area contributed by atoms with Crippen LogP contribution >= 0.6 is 0 Å². The minimum absolute atomic E-state index is 0.268. The number of hydrogen-bond donors (Lipinski definition) is 2. The van der Waals surface area contributed by atoms with Crippen LogP contribution in [0.4, 0.5) is 5.69 Å². The Morgan fingerprint density at radius 2 is 1.65 bits per heavy atom. The van der Waals surface area contributed by atoms with Crippen molar-refractivity contribution in [1.82, 2.24) is 4.98 Å². The summed E-state index contributed by atoms with van der Waals surface area (Å²) in [4.78, 5) is 4.49. The molecule has 2 rings (SSSR count). The van der Waals surface area contributed by atoms with Crippen molar-refractivity contribution in [3.63, 3.8) is 0 Å². The van der Waals surface area contributed by atoms with Gasteiger partial charge in [-0.05, 0) is 31.5 Å². The van der Waals surface area contributed by atoms with Crippen molar-refractivity contribution in [3.8, 4) is 5.75 Å². The molecule has 2 N–H and O–H groups in total. The first-order valence-electron chi connectivity index (χ1n) is 9.05. The molecule has 0 aliphatic carbocycles. The molecule has 0 radical (unpaired) electrons. The van der Waals surface area contributed by atoms with Crippen LogP contribution < -0.4 is 5.32 Å². The number of aromatic hydroxyl groups is 1. The van der Waals surface area contributed by atoms with E-state index in [2.05, 4.69) is 23.3 Å². The number of benzene rings is 1. The van der Waals surface area contributed by atoms with Crippen molar-refractivity contribution in [3.05, 3.63) is 30.0 Å². The van der Waals surface area contributed by atoms with Crippen LogP contribution in [-0.4, -0.2) is 16.6 Å². The highest BCUT2D eigenvalue weighted by atomic mass is 16.3. The lowest BCUT2D eigenvalue weighted by atomic mass is 10.1. The maximum Gasteiger partial charge on any atom is 0.117 e. The highest BCUT2D eigenvalue weighted by molar-refractivity contribution is 5.92. The summed E-state index contributed by atoms with van der Waals surface area (Å²) in [6.07, 6.45) is 10.7. The number of phenolic OH excluding ortho intramolecular Hbond substituents is 1. The van der Waals surface area contributed by atoms with E-state index in [0.717, 1.165) is 28.8 Å². The Kier molecular flexibility index (Phi) is 7.18. The third-order valence-electron chi connectivity index (χ3n) is 4.27. The van der Waals surface area contributed by atoms with Gasteiger partial charge in [0.25, 0.3) is 0 Å². The molecule has 23 heavy (non-hydrogen) atoms. The molecule has 0 spiro atoms. The van der Waals surface area contributed by atoms with Crippen LogP contribution in [0.15, 0.2) is 24.3 Å². The van der Waals surface area contributed by atoms with E-state index in [0.29, 0.717) is 0 Å². The number of anilines is 1. The first kappa shape index (κ1) is 17.6. The van der Waals surface area contributed by atoms with Crippen molar-refractivity contribution in [2.45, 2.75) is 65.2 Å². The minimum atomic E-state index is 0.268. The Morgan fingerprint density at radius 1 is 0.957 bits per heavy atom. The summed E-state index contributed by atoms with van der Waals surface area (Å²) in [6, 6.07) is 7.47. The third-order valence-corrected chi connectivity index (χ3v) is 4.27. The normalized spacial score (nSPS) is 11.0. The number of rotatable bonds is 10. The second-order valence-electron chi connectivity index (χ2n) is 6.41. The molecular weight excluding hydrogens is 284 g/mol. The lowest BCUT2D eigenvalue weighted by molar-refractivity contribution is 0.476. The second-order valence-corrected chi connectivity index (χ2v) is 6.41. The third kappa shape index (κ3) is 5.74. The van der Waals surface area contributed by atoms with Gasteiger partial charge in [-0.3, -0.25) is 4.98 Å². The van der Waals surface area contributed by atoms with Crippen LogP contribution in [0.3, 0.4) is 0 Å². The SMILES string of the molecule is CCCCCCCCCCNc1cc(C)nc2cc(O)ccc12. The van der Waals surface area contributed by atoms with E-state index >= 15 is 0 Å². The highest BCUT2D eigenvalue weighted by Gasteiger charge is 2.04. The summed E-state index contributed by atoms with van der Waals surface area (Å²) < 4.78 is 0. The van der Waals surface area contributed by atoms with Crippen LogP contribution in [-0.2, 0) is 0 Å². The summed E-state index contributed by atoms with van der Waals surface area (Å²) in [5, 5.41) is 14.2. The molecule has 0 amide bonds. The molecule has 3 nitrogen and oxygen atoms in total. The van der Waals surface area contributed by atoms with Crippen LogP contribution in [0.5, 0.6) is 5.75 Å². The van der Waals surface area contributed by atoms with Crippen LogP contribution in [0.2, 0.25) is 0 Å². The van der Waals surface area contributed by atoms with Gasteiger partial charge in [0.05, 0.1) is 5.52 Å². The molecule has 0 fully saturated rings. The molecular formula is C20H30N2O. The number of fused-ring (bicyclic) bond motifs is 1. The van der Waals surface area contributed by atoms with E-state index in [9.17, 15) is 5.11 Å². The van der Waals surface area contributed by atoms with Gasteiger partial charge in [-0.2, -0.15) is 0 Å². The number of unbranched alkanes of at least 4 members (excludes halogenated alkanes) is 7. The molecule has 1 aromatic carbocycles. The Hall–Kier alpha value is -1.77. The van der Waals surface area contributed by atoms with Crippen molar-refractivity contribution in [1.29, 1.82) is 0 Å². The number of aromatic nitrogens is 1. The molecule has 0 bridgehead atoms. The van der Waals surface area contributed by atoms with E-state index in [4.69, 9.17) is 0 Å². The van der Waals surface area contributed by atoms with Gasteiger partial charge in [0.1, 0.15) is 5.75 Å². The summed E-state index contributed by atoms with van der Waals surface area (Å²) in [7, 11) is 0. The molecule has 3 heteroatoms. The first-order valence-corrected chi connectivity index (χ1v) is 9.05. The van der Waals surface area contributed by atoms with E-state index in [1.54, 1.807) is 12.1 Å². The maximum atomic E-state index is 9.60. The summed E-state index contributed by atoms with van der Waals surface area (Å²) in [5.74, 6) is 0.268. The molecule has 0 unspecified atom stereocenters. The zero-order valence-corrected chi connectivity index (χ0v) is 14.6. The van der Waals surface area contributed by atoms with E-state index in [1.165, 1.54) is 51.4 Å². The fourth-order valence-electron chi connectivity index (χ4n) is 2.98. The lowest BCUT2D eigenvalue weighted by Gasteiger charge is -2.11. The minimum Gasteiger partial charge on any atom is -0.508 e. The zero-order chi connectivity index (χ0) is 16.5. The Morgan fingerprint density at radius 3 is 2.39 bits per heavy atom. The van der Waals surface area contributed by atoms with Crippen LogP contribution in [0.25, 0.3) is 10.9 Å². The Labute approximate surface area is 140 Å². The average molecular weight is 314 g/mol. The maximum absolute atomic E-state index is 9.60. The monoisotopic (exact) mass is 314 g/mol. The summed E-state index contributed by atoms with van der Waals surface area (Å²) in [6.45, 7) is 5.25. The molecule has 1 aromatic heterocycles. The van der Waals surface area contributed by atoms with Gasteiger partial charge >= 0.3 is 0 Å². The van der Waals surface area contributed by atoms with Gasteiger partial charge in [-0.25, -0.2) is 0 Å². The predicted octanol–water partition coefficient (Wildman–Crippen LogP) is 5.80. The van der Waals surface area contributed by atoms with Crippen molar-refractivity contribution >= 4 is 16.6 Å². The fraction of sp³-hybridized carbons (Fsp3) is 0.550. The average Bonchev–Trinajstić information content (AvgIpc) is 2.52. The molecule has 0 saturated carbocycles. The Bertz CT molecular complexity index is 605. The standard InChI is InChI=1S/C20H30N2O/c1-3-4-5-6-7-8-9-10-13-21-19-14-16(2)22-20-15-17(23)11-12-18(19)20/h11-12,14-15,23H,3-10,13H2,1-2H3,(H,21,22). The number of hydrogen-bond acceptors (Lipinski definition) is 3. The molecule has 0 aliphatic heterocycles. The lowest BCUT2D eigenvalue weighted by Crippen LogP contribution is -2.03. The van der Waals surface area contributed by atoms with Gasteiger partial charge in [0.2, 0.25) is 0 Å². The fourth-order valence-corrected chi connectivity index (χ4v) is 2.98. The van der Waals surface area contributed by atoms with E-state index in [1.807, 2.05) is 13.0 Å². The number of aryl methyl sites for hydroxylation is 1. The van der Waals surface area contributed by atoms with Gasteiger partial charge in [-0.15, -0.1) is 0 Å². The number of nitrogens with one attached hydrogen (secondary N) is 1. The first-order chi connectivity index (χ1) is 11.2. The number of phenols is 1. The van der Waals surface area contributed by atoms with E-state index < -0.39 is 0 Å². The molecule has 0 aliphatic rings. The van der Waals surface area contributed by atoms with Gasteiger partial charge in [0.15, 0.2) is 0 Å². The number of pyridine rings is 1. The Balaban J connectivity index is 1.77. The summed E-state index contributed by atoms with van der Waals surface area (Å²) in [5.41, 5.74) is 2.94. The van der Waals surface area contributed by atoms with Crippen molar-refractivity contribution in [2.75, 3.05) is 11.9 Å². The van der Waals surface area contributed by atoms with Crippen LogP contribution in [0, 0.1) is 6.92 Å². The van der Waals surface area contributed by atoms with Gasteiger partial charge in [0, 0.05) is 29.4 Å². The molecule has 0 atom stereocenters.